The third-order valence-electron chi connectivity index (χ3n) is 3.15. The van der Waals surface area contributed by atoms with Gasteiger partial charge in [0.2, 0.25) is 0 Å². The second-order valence-corrected chi connectivity index (χ2v) is 5.89. The Bertz CT molecular complexity index is 662. The molecule has 0 radical (unpaired) electrons. The standard InChI is InChI=1S/C16H19BrN4O2/c1-11-8-12(17)4-5-13(11)21-15-10-19-14(9-20-15)16(22)18-6-3-7-23-2/h4-5,8-10H,3,6-7H2,1-2H3,(H,18,22)(H,20,21). The molecule has 2 aromatic rings. The van der Waals surface area contributed by atoms with Crippen LogP contribution in [0, 0.1) is 6.92 Å². The third-order valence-corrected chi connectivity index (χ3v) is 3.64. The molecule has 0 saturated heterocycles. The number of halogens is 1. The van der Waals surface area contributed by atoms with Crippen molar-refractivity contribution in [1.82, 2.24) is 15.3 Å². The Kier molecular flexibility index (Phi) is 6.49. The number of carbonyl (C=O) groups excluding carboxylic acids is 1. The number of hydrogen-bond donors (Lipinski definition) is 2. The molecule has 2 N–H and O–H groups in total. The Balaban J connectivity index is 1.95. The van der Waals surface area contributed by atoms with Crippen LogP contribution in [-0.4, -0.2) is 36.1 Å². The van der Waals surface area contributed by atoms with Crippen LogP contribution in [-0.2, 0) is 4.74 Å². The molecule has 0 aliphatic heterocycles. The van der Waals surface area contributed by atoms with E-state index in [1.54, 1.807) is 13.3 Å². The highest BCUT2D eigenvalue weighted by atomic mass is 79.9. The number of aryl methyl sites for hydroxylation is 1. The summed E-state index contributed by atoms with van der Waals surface area (Å²) in [5, 5.41) is 5.95. The molecular formula is C16H19BrN4O2. The van der Waals surface area contributed by atoms with Crippen molar-refractivity contribution in [2.45, 2.75) is 13.3 Å². The molecule has 0 aliphatic rings. The van der Waals surface area contributed by atoms with E-state index in [0.29, 0.717) is 24.7 Å². The maximum atomic E-state index is 11.9. The lowest BCUT2D eigenvalue weighted by Crippen LogP contribution is -2.26. The van der Waals surface area contributed by atoms with Gasteiger partial charge < -0.3 is 15.4 Å². The fourth-order valence-electron chi connectivity index (χ4n) is 1.92. The molecule has 0 saturated carbocycles. The van der Waals surface area contributed by atoms with Crippen LogP contribution >= 0.6 is 15.9 Å². The number of nitrogens with zero attached hydrogens (tertiary/aromatic N) is 2. The Morgan fingerprint density at radius 3 is 2.78 bits per heavy atom. The number of anilines is 2. The van der Waals surface area contributed by atoms with Gasteiger partial charge in [0.05, 0.1) is 12.4 Å². The average molecular weight is 379 g/mol. The highest BCUT2D eigenvalue weighted by Crippen LogP contribution is 2.22. The molecule has 6 nitrogen and oxygen atoms in total. The molecule has 122 valence electrons. The molecule has 1 aromatic heterocycles. The number of ether oxygens (including phenoxy) is 1. The highest BCUT2D eigenvalue weighted by Gasteiger charge is 2.08. The van der Waals surface area contributed by atoms with Crippen molar-refractivity contribution in [3.8, 4) is 0 Å². The van der Waals surface area contributed by atoms with Gasteiger partial charge in [-0.2, -0.15) is 0 Å². The highest BCUT2D eigenvalue weighted by molar-refractivity contribution is 9.10. The second-order valence-electron chi connectivity index (χ2n) is 4.97. The van der Waals surface area contributed by atoms with Crippen molar-refractivity contribution in [2.24, 2.45) is 0 Å². The minimum Gasteiger partial charge on any atom is -0.385 e. The van der Waals surface area contributed by atoms with E-state index in [2.05, 4.69) is 36.5 Å². The maximum Gasteiger partial charge on any atom is 0.271 e. The van der Waals surface area contributed by atoms with Crippen molar-refractivity contribution in [3.63, 3.8) is 0 Å². The number of rotatable bonds is 7. The van der Waals surface area contributed by atoms with Gasteiger partial charge >= 0.3 is 0 Å². The second kappa shape index (κ2) is 8.59. The van der Waals surface area contributed by atoms with E-state index in [0.717, 1.165) is 22.1 Å². The molecule has 1 heterocycles. The van der Waals surface area contributed by atoms with Crippen molar-refractivity contribution in [1.29, 1.82) is 0 Å². The third kappa shape index (κ3) is 5.30. The van der Waals surface area contributed by atoms with Crippen LogP contribution in [0.1, 0.15) is 22.5 Å². The minimum atomic E-state index is -0.236. The van der Waals surface area contributed by atoms with E-state index in [1.807, 2.05) is 25.1 Å². The van der Waals surface area contributed by atoms with Crippen LogP contribution in [0.15, 0.2) is 35.1 Å². The first-order valence-electron chi connectivity index (χ1n) is 7.22. The largest absolute Gasteiger partial charge is 0.385 e. The number of aromatic nitrogens is 2. The van der Waals surface area contributed by atoms with Crippen LogP contribution in [0.2, 0.25) is 0 Å². The van der Waals surface area contributed by atoms with Gasteiger partial charge in [-0.05, 0) is 37.1 Å². The first-order valence-corrected chi connectivity index (χ1v) is 8.02. The van der Waals surface area contributed by atoms with E-state index in [9.17, 15) is 4.79 Å². The minimum absolute atomic E-state index is 0.236. The Morgan fingerprint density at radius 1 is 1.30 bits per heavy atom. The molecule has 0 bridgehead atoms. The number of amides is 1. The van der Waals surface area contributed by atoms with Gasteiger partial charge in [-0.25, -0.2) is 9.97 Å². The molecule has 0 unspecified atom stereocenters. The van der Waals surface area contributed by atoms with Gasteiger partial charge in [0.25, 0.3) is 5.91 Å². The van der Waals surface area contributed by atoms with Gasteiger partial charge in [-0.3, -0.25) is 4.79 Å². The fourth-order valence-corrected chi connectivity index (χ4v) is 2.40. The summed E-state index contributed by atoms with van der Waals surface area (Å²) < 4.78 is 5.95. The molecule has 7 heteroatoms. The summed E-state index contributed by atoms with van der Waals surface area (Å²) in [4.78, 5) is 20.3. The van der Waals surface area contributed by atoms with Crippen molar-refractivity contribution >= 4 is 33.3 Å². The first-order chi connectivity index (χ1) is 11.1. The van der Waals surface area contributed by atoms with Crippen molar-refractivity contribution in [2.75, 3.05) is 25.6 Å². The van der Waals surface area contributed by atoms with Crippen LogP contribution in [0.25, 0.3) is 0 Å². The topological polar surface area (TPSA) is 76.1 Å². The molecular weight excluding hydrogens is 360 g/mol. The monoisotopic (exact) mass is 378 g/mol. The molecule has 0 spiro atoms. The normalized spacial score (nSPS) is 10.4. The van der Waals surface area contributed by atoms with E-state index < -0.39 is 0 Å². The van der Waals surface area contributed by atoms with Crippen LogP contribution in [0.3, 0.4) is 0 Å². The quantitative estimate of drug-likeness (QED) is 0.724. The van der Waals surface area contributed by atoms with Crippen LogP contribution in [0.4, 0.5) is 11.5 Å². The lowest BCUT2D eigenvalue weighted by Gasteiger charge is -2.09. The summed E-state index contributed by atoms with van der Waals surface area (Å²) in [7, 11) is 1.63. The van der Waals surface area contributed by atoms with Crippen LogP contribution in [0.5, 0.6) is 0 Å². The number of hydrogen-bond acceptors (Lipinski definition) is 5. The van der Waals surface area contributed by atoms with Gasteiger partial charge in [-0.1, -0.05) is 15.9 Å². The summed E-state index contributed by atoms with van der Waals surface area (Å²) in [6, 6.07) is 5.92. The number of benzene rings is 1. The van der Waals surface area contributed by atoms with E-state index in [-0.39, 0.29) is 5.91 Å². The van der Waals surface area contributed by atoms with Gasteiger partial charge in [0, 0.05) is 30.4 Å². The Labute approximate surface area is 143 Å². The summed E-state index contributed by atoms with van der Waals surface area (Å²) in [5.74, 6) is 0.353. The number of nitrogens with one attached hydrogen (secondary N) is 2. The van der Waals surface area contributed by atoms with E-state index in [4.69, 9.17) is 4.74 Å². The smallest absolute Gasteiger partial charge is 0.271 e. The number of carbonyl (C=O) groups is 1. The Hall–Kier alpha value is -1.99. The molecule has 0 fully saturated rings. The van der Waals surface area contributed by atoms with E-state index >= 15 is 0 Å². The molecule has 0 atom stereocenters. The zero-order chi connectivity index (χ0) is 16.7. The van der Waals surface area contributed by atoms with E-state index in [1.165, 1.54) is 6.20 Å². The summed E-state index contributed by atoms with van der Waals surface area (Å²) >= 11 is 3.43. The fraction of sp³-hybridized carbons (Fsp3) is 0.312. The maximum absolute atomic E-state index is 11.9. The number of methoxy groups -OCH3 is 1. The molecule has 23 heavy (non-hydrogen) atoms. The first kappa shape index (κ1) is 17.4. The van der Waals surface area contributed by atoms with Gasteiger partial charge in [0.1, 0.15) is 11.5 Å². The summed E-state index contributed by atoms with van der Waals surface area (Å²) in [6.07, 6.45) is 3.77. The zero-order valence-electron chi connectivity index (χ0n) is 13.1. The molecule has 1 amide bonds. The zero-order valence-corrected chi connectivity index (χ0v) is 14.7. The molecule has 1 aromatic carbocycles. The SMILES string of the molecule is COCCCNC(=O)c1cnc(Nc2ccc(Br)cc2C)cn1. The predicted octanol–water partition coefficient (Wildman–Crippen LogP) is 3.06. The van der Waals surface area contributed by atoms with Gasteiger partial charge in [-0.15, -0.1) is 0 Å². The lowest BCUT2D eigenvalue weighted by molar-refractivity contribution is 0.0943. The molecule has 2 rings (SSSR count). The predicted molar refractivity (Wildman–Crippen MR) is 93.0 cm³/mol. The summed E-state index contributed by atoms with van der Waals surface area (Å²) in [6.45, 7) is 3.16. The van der Waals surface area contributed by atoms with Crippen molar-refractivity contribution in [3.05, 3.63) is 46.3 Å². The Morgan fingerprint density at radius 2 is 2.13 bits per heavy atom. The van der Waals surface area contributed by atoms with Crippen LogP contribution < -0.4 is 10.6 Å². The van der Waals surface area contributed by atoms with Crippen molar-refractivity contribution < 1.29 is 9.53 Å². The van der Waals surface area contributed by atoms with Gasteiger partial charge in [0.15, 0.2) is 0 Å². The summed E-state index contributed by atoms with van der Waals surface area (Å²) in [5.41, 5.74) is 2.32. The lowest BCUT2D eigenvalue weighted by atomic mass is 10.2. The molecule has 0 aliphatic carbocycles. The average Bonchev–Trinajstić information content (AvgIpc) is 2.55.